The Balaban J connectivity index is 1.65. The summed E-state index contributed by atoms with van der Waals surface area (Å²) < 4.78 is 0. The maximum atomic E-state index is 12.7. The summed E-state index contributed by atoms with van der Waals surface area (Å²) in [5, 5.41) is 3.65. The Hall–Kier alpha value is -0.610. The number of amides is 1. The molecule has 1 saturated carbocycles. The van der Waals surface area contributed by atoms with Gasteiger partial charge in [0.05, 0.1) is 12.2 Å². The van der Waals surface area contributed by atoms with Crippen molar-refractivity contribution in [3.05, 3.63) is 0 Å². The van der Waals surface area contributed by atoms with Gasteiger partial charge >= 0.3 is 0 Å². The van der Waals surface area contributed by atoms with Gasteiger partial charge in [0.15, 0.2) is 0 Å². The molecule has 3 rings (SSSR count). The molecule has 2 unspecified atom stereocenters. The highest BCUT2D eigenvalue weighted by Gasteiger charge is 2.43. The van der Waals surface area contributed by atoms with E-state index in [4.69, 9.17) is 0 Å². The molecule has 1 aliphatic carbocycles. The van der Waals surface area contributed by atoms with E-state index in [1.807, 2.05) is 0 Å². The van der Waals surface area contributed by atoms with E-state index in [2.05, 4.69) is 29.1 Å². The Labute approximate surface area is 129 Å². The monoisotopic (exact) mass is 293 g/mol. The predicted molar refractivity (Wildman–Crippen MR) is 84.9 cm³/mol. The van der Waals surface area contributed by atoms with Gasteiger partial charge in [-0.25, -0.2) is 0 Å². The lowest BCUT2D eigenvalue weighted by molar-refractivity contribution is -0.131. The summed E-state index contributed by atoms with van der Waals surface area (Å²) >= 11 is 0. The van der Waals surface area contributed by atoms with E-state index in [1.165, 1.54) is 51.6 Å². The van der Waals surface area contributed by atoms with Crippen molar-refractivity contribution in [2.45, 2.75) is 64.1 Å². The molecule has 0 aromatic heterocycles. The van der Waals surface area contributed by atoms with Crippen molar-refractivity contribution in [1.29, 1.82) is 0 Å². The summed E-state index contributed by atoms with van der Waals surface area (Å²) in [5.74, 6) is 1.76. The third kappa shape index (κ3) is 3.26. The number of rotatable bonds is 4. The van der Waals surface area contributed by atoms with Crippen molar-refractivity contribution in [3.63, 3.8) is 0 Å². The summed E-state index contributed by atoms with van der Waals surface area (Å²) in [5.41, 5.74) is 0. The van der Waals surface area contributed by atoms with Crippen LogP contribution in [0, 0.1) is 11.8 Å². The number of nitrogens with one attached hydrogen (secondary N) is 1. The minimum atomic E-state index is 0.0712. The topological polar surface area (TPSA) is 35.6 Å². The Kier molecular flexibility index (Phi) is 4.85. The molecule has 3 aliphatic rings. The smallest absolute Gasteiger partial charge is 0.241 e. The number of carbonyl (C=O) groups is 1. The largest absolute Gasteiger partial charge is 0.325 e. The van der Waals surface area contributed by atoms with Crippen LogP contribution in [0.5, 0.6) is 0 Å². The second-order valence-corrected chi connectivity index (χ2v) is 7.35. The standard InChI is InChI=1S/C17H31N3O/c1-3-15-17(21)20(12-13-8-10-19(2)11-9-13)16(18-15)14-6-4-5-7-14/h13-16,18H,3-12H2,1-2H3. The van der Waals surface area contributed by atoms with Crippen LogP contribution >= 0.6 is 0 Å². The third-order valence-electron chi connectivity index (χ3n) is 5.84. The fourth-order valence-corrected chi connectivity index (χ4v) is 4.39. The average molecular weight is 293 g/mol. The molecule has 0 aromatic carbocycles. The van der Waals surface area contributed by atoms with Gasteiger partial charge in [-0.3, -0.25) is 10.1 Å². The Morgan fingerprint density at radius 1 is 1.14 bits per heavy atom. The van der Waals surface area contributed by atoms with Crippen molar-refractivity contribution >= 4 is 5.91 Å². The summed E-state index contributed by atoms with van der Waals surface area (Å²) in [4.78, 5) is 17.3. The lowest BCUT2D eigenvalue weighted by atomic mass is 9.95. The van der Waals surface area contributed by atoms with E-state index in [0.717, 1.165) is 13.0 Å². The molecule has 120 valence electrons. The van der Waals surface area contributed by atoms with E-state index in [9.17, 15) is 4.79 Å². The van der Waals surface area contributed by atoms with Gasteiger partial charge < -0.3 is 9.80 Å². The maximum absolute atomic E-state index is 12.7. The molecule has 21 heavy (non-hydrogen) atoms. The first-order valence-electron chi connectivity index (χ1n) is 8.94. The molecule has 4 heteroatoms. The quantitative estimate of drug-likeness (QED) is 0.862. The molecular formula is C17H31N3O. The van der Waals surface area contributed by atoms with Crippen LogP contribution in [-0.2, 0) is 4.79 Å². The van der Waals surface area contributed by atoms with Gasteiger partial charge in [-0.05, 0) is 64.1 Å². The van der Waals surface area contributed by atoms with E-state index in [-0.39, 0.29) is 6.04 Å². The molecule has 3 fully saturated rings. The first-order valence-corrected chi connectivity index (χ1v) is 8.94. The lowest BCUT2D eigenvalue weighted by Crippen LogP contribution is -2.46. The van der Waals surface area contributed by atoms with Gasteiger partial charge in [-0.2, -0.15) is 0 Å². The van der Waals surface area contributed by atoms with Crippen molar-refractivity contribution in [3.8, 4) is 0 Å². The number of likely N-dealkylation sites (tertiary alicyclic amines) is 1. The van der Waals surface area contributed by atoms with Crippen LogP contribution in [0.25, 0.3) is 0 Å². The Bertz CT molecular complexity index is 359. The van der Waals surface area contributed by atoms with E-state index >= 15 is 0 Å². The molecular weight excluding hydrogens is 262 g/mol. The third-order valence-corrected chi connectivity index (χ3v) is 5.84. The number of carbonyl (C=O) groups excluding carboxylic acids is 1. The second kappa shape index (κ2) is 6.66. The Morgan fingerprint density at radius 2 is 1.81 bits per heavy atom. The molecule has 2 atom stereocenters. The summed E-state index contributed by atoms with van der Waals surface area (Å²) in [7, 11) is 2.20. The molecule has 0 spiro atoms. The van der Waals surface area contributed by atoms with E-state index in [0.29, 0.717) is 23.9 Å². The first-order chi connectivity index (χ1) is 10.2. The van der Waals surface area contributed by atoms with Crippen LogP contribution in [0.4, 0.5) is 0 Å². The average Bonchev–Trinajstić information content (AvgIpc) is 3.11. The maximum Gasteiger partial charge on any atom is 0.241 e. The Morgan fingerprint density at radius 3 is 2.43 bits per heavy atom. The number of hydrogen-bond acceptors (Lipinski definition) is 3. The van der Waals surface area contributed by atoms with E-state index in [1.54, 1.807) is 0 Å². The van der Waals surface area contributed by atoms with Gasteiger partial charge in [0, 0.05) is 6.54 Å². The SMILES string of the molecule is CCC1NC(C2CCCC2)N(CC2CCN(C)CC2)C1=O. The summed E-state index contributed by atoms with van der Waals surface area (Å²) in [6, 6.07) is 0.0712. The molecule has 2 saturated heterocycles. The van der Waals surface area contributed by atoms with Crippen molar-refractivity contribution in [2.75, 3.05) is 26.7 Å². The fourth-order valence-electron chi connectivity index (χ4n) is 4.39. The molecule has 0 radical (unpaired) electrons. The first kappa shape index (κ1) is 15.3. The second-order valence-electron chi connectivity index (χ2n) is 7.35. The zero-order chi connectivity index (χ0) is 14.8. The van der Waals surface area contributed by atoms with Gasteiger partial charge in [-0.1, -0.05) is 19.8 Å². The molecule has 2 aliphatic heterocycles. The van der Waals surface area contributed by atoms with Crippen LogP contribution in [0.15, 0.2) is 0 Å². The number of nitrogens with zero attached hydrogens (tertiary/aromatic N) is 2. The van der Waals surface area contributed by atoms with Gasteiger partial charge in [0.1, 0.15) is 0 Å². The van der Waals surface area contributed by atoms with Crippen LogP contribution in [0.1, 0.15) is 51.9 Å². The normalized spacial score (nSPS) is 33.2. The fraction of sp³-hybridized carbons (Fsp3) is 0.941. The minimum absolute atomic E-state index is 0.0712. The molecule has 0 bridgehead atoms. The van der Waals surface area contributed by atoms with Crippen LogP contribution in [0.3, 0.4) is 0 Å². The molecule has 0 aromatic rings. The zero-order valence-electron chi connectivity index (χ0n) is 13.7. The lowest BCUT2D eigenvalue weighted by Gasteiger charge is -2.35. The summed E-state index contributed by atoms with van der Waals surface area (Å²) in [6.45, 7) is 5.48. The van der Waals surface area contributed by atoms with E-state index < -0.39 is 0 Å². The molecule has 1 amide bonds. The van der Waals surface area contributed by atoms with Gasteiger partial charge in [0.25, 0.3) is 0 Å². The van der Waals surface area contributed by atoms with Gasteiger partial charge in [0.2, 0.25) is 5.91 Å². The number of piperidine rings is 1. The highest BCUT2D eigenvalue weighted by molar-refractivity contribution is 5.84. The van der Waals surface area contributed by atoms with Crippen molar-refractivity contribution in [2.24, 2.45) is 11.8 Å². The number of hydrogen-bond donors (Lipinski definition) is 1. The summed E-state index contributed by atoms with van der Waals surface area (Å²) in [6.07, 6.45) is 9.02. The van der Waals surface area contributed by atoms with Crippen molar-refractivity contribution in [1.82, 2.24) is 15.1 Å². The zero-order valence-corrected chi connectivity index (χ0v) is 13.7. The highest BCUT2D eigenvalue weighted by Crippen LogP contribution is 2.33. The van der Waals surface area contributed by atoms with Crippen LogP contribution in [-0.4, -0.2) is 54.6 Å². The molecule has 1 N–H and O–H groups in total. The van der Waals surface area contributed by atoms with Crippen LogP contribution < -0.4 is 5.32 Å². The van der Waals surface area contributed by atoms with Crippen molar-refractivity contribution < 1.29 is 4.79 Å². The van der Waals surface area contributed by atoms with Crippen LogP contribution in [0.2, 0.25) is 0 Å². The highest BCUT2D eigenvalue weighted by atomic mass is 16.2. The molecule has 2 heterocycles. The molecule has 4 nitrogen and oxygen atoms in total. The minimum Gasteiger partial charge on any atom is -0.325 e. The predicted octanol–water partition coefficient (Wildman–Crippen LogP) is 2.05. The van der Waals surface area contributed by atoms with Gasteiger partial charge in [-0.15, -0.1) is 0 Å².